The number of ether oxygens (including phenoxy) is 1. The molecule has 0 aromatic carbocycles. The number of aromatic nitrogens is 2. The van der Waals surface area contributed by atoms with Crippen LogP contribution in [0, 0.1) is 0 Å². The van der Waals surface area contributed by atoms with Crippen LogP contribution < -0.4 is 10.1 Å². The third kappa shape index (κ3) is 4.67. The van der Waals surface area contributed by atoms with Crippen LogP contribution in [0.4, 0.5) is 5.82 Å². The van der Waals surface area contributed by atoms with E-state index >= 15 is 0 Å². The van der Waals surface area contributed by atoms with E-state index in [4.69, 9.17) is 4.74 Å². The molecule has 19 heavy (non-hydrogen) atoms. The Morgan fingerprint density at radius 3 is 2.68 bits per heavy atom. The van der Waals surface area contributed by atoms with Crippen molar-refractivity contribution in [2.75, 3.05) is 25.0 Å². The molecule has 0 aliphatic carbocycles. The number of hydrogen-bond donors (Lipinski definition) is 1. The van der Waals surface area contributed by atoms with Crippen molar-refractivity contribution in [3.63, 3.8) is 0 Å². The average Bonchev–Trinajstić information content (AvgIpc) is 2.81. The Balaban J connectivity index is 1.86. The molecule has 106 valence electrons. The van der Waals surface area contributed by atoms with E-state index in [2.05, 4.69) is 27.1 Å². The molecule has 1 atom stereocenters. The number of hydrogen-bond acceptors (Lipinski definition) is 5. The molecule has 2 rings (SSSR count). The molecular formula is C14H24N4O. The fourth-order valence-corrected chi connectivity index (χ4v) is 2.37. The maximum absolute atomic E-state index is 5.57. The Morgan fingerprint density at radius 1 is 1.26 bits per heavy atom. The summed E-state index contributed by atoms with van der Waals surface area (Å²) in [6.07, 6.45) is 4.33. The van der Waals surface area contributed by atoms with Crippen LogP contribution in [0.2, 0.25) is 0 Å². The zero-order valence-corrected chi connectivity index (χ0v) is 12.1. The molecule has 1 N–H and O–H groups in total. The summed E-state index contributed by atoms with van der Waals surface area (Å²) in [5.74, 6) is 1.46. The zero-order valence-electron chi connectivity index (χ0n) is 12.1. The predicted molar refractivity (Wildman–Crippen MR) is 76.6 cm³/mol. The lowest BCUT2D eigenvalue weighted by atomic mass is 10.3. The van der Waals surface area contributed by atoms with Gasteiger partial charge in [0.15, 0.2) is 0 Å². The molecule has 5 heteroatoms. The molecule has 1 aromatic heterocycles. The first kappa shape index (κ1) is 14.1. The van der Waals surface area contributed by atoms with Gasteiger partial charge in [0.25, 0.3) is 0 Å². The van der Waals surface area contributed by atoms with Crippen LogP contribution in [0.3, 0.4) is 0 Å². The van der Waals surface area contributed by atoms with Crippen molar-refractivity contribution in [2.24, 2.45) is 0 Å². The first-order valence-corrected chi connectivity index (χ1v) is 7.11. The fraction of sp³-hybridized carbons (Fsp3) is 0.714. The van der Waals surface area contributed by atoms with Gasteiger partial charge in [0.1, 0.15) is 12.1 Å². The second-order valence-corrected chi connectivity index (χ2v) is 5.46. The van der Waals surface area contributed by atoms with Gasteiger partial charge in [-0.15, -0.1) is 0 Å². The van der Waals surface area contributed by atoms with Gasteiger partial charge in [0.05, 0.1) is 6.10 Å². The van der Waals surface area contributed by atoms with Gasteiger partial charge < -0.3 is 15.0 Å². The summed E-state index contributed by atoms with van der Waals surface area (Å²) in [7, 11) is 0. The van der Waals surface area contributed by atoms with Crippen LogP contribution in [0.5, 0.6) is 5.88 Å². The Bertz CT molecular complexity index is 391. The van der Waals surface area contributed by atoms with E-state index in [1.54, 1.807) is 6.33 Å². The molecule has 0 radical (unpaired) electrons. The van der Waals surface area contributed by atoms with Crippen molar-refractivity contribution >= 4 is 5.82 Å². The van der Waals surface area contributed by atoms with Crippen LogP contribution in [-0.2, 0) is 0 Å². The third-order valence-corrected chi connectivity index (χ3v) is 3.12. The van der Waals surface area contributed by atoms with Crippen LogP contribution in [0.15, 0.2) is 12.4 Å². The molecule has 0 spiro atoms. The van der Waals surface area contributed by atoms with Crippen molar-refractivity contribution in [1.29, 1.82) is 0 Å². The first-order chi connectivity index (χ1) is 9.13. The molecule has 1 aliphatic rings. The summed E-state index contributed by atoms with van der Waals surface area (Å²) in [5, 5.41) is 3.41. The Kier molecular flexibility index (Phi) is 4.96. The topological polar surface area (TPSA) is 50.3 Å². The summed E-state index contributed by atoms with van der Waals surface area (Å²) < 4.78 is 5.57. The molecule has 5 nitrogen and oxygen atoms in total. The minimum Gasteiger partial charge on any atom is -0.475 e. The van der Waals surface area contributed by atoms with Crippen molar-refractivity contribution in [3.8, 4) is 5.88 Å². The normalized spacial score (nSPS) is 17.7. The highest BCUT2D eigenvalue weighted by Crippen LogP contribution is 2.14. The molecular weight excluding hydrogens is 240 g/mol. The lowest BCUT2D eigenvalue weighted by molar-refractivity contribution is 0.232. The maximum Gasteiger partial charge on any atom is 0.218 e. The molecule has 1 fully saturated rings. The van der Waals surface area contributed by atoms with E-state index in [0.717, 1.165) is 12.4 Å². The predicted octanol–water partition coefficient (Wildman–Crippen LogP) is 2.16. The zero-order chi connectivity index (χ0) is 13.7. The van der Waals surface area contributed by atoms with E-state index < -0.39 is 0 Å². The molecule has 1 aliphatic heterocycles. The smallest absolute Gasteiger partial charge is 0.218 e. The van der Waals surface area contributed by atoms with E-state index in [0.29, 0.717) is 11.9 Å². The number of likely N-dealkylation sites (tertiary alicyclic amines) is 1. The lowest BCUT2D eigenvalue weighted by Gasteiger charge is -2.21. The quantitative estimate of drug-likeness (QED) is 0.853. The molecule has 2 heterocycles. The number of rotatable bonds is 6. The minimum absolute atomic E-state index is 0.129. The summed E-state index contributed by atoms with van der Waals surface area (Å²) in [6, 6.07) is 2.24. The van der Waals surface area contributed by atoms with E-state index in [9.17, 15) is 0 Å². The molecule has 1 unspecified atom stereocenters. The van der Waals surface area contributed by atoms with Crippen LogP contribution in [-0.4, -0.2) is 46.6 Å². The monoisotopic (exact) mass is 264 g/mol. The van der Waals surface area contributed by atoms with Gasteiger partial charge in [-0.3, -0.25) is 0 Å². The van der Waals surface area contributed by atoms with Gasteiger partial charge in [-0.05, 0) is 46.7 Å². The molecule has 0 saturated carbocycles. The molecule has 0 bridgehead atoms. The van der Waals surface area contributed by atoms with Crippen LogP contribution >= 0.6 is 0 Å². The number of anilines is 1. The largest absolute Gasteiger partial charge is 0.475 e. The third-order valence-electron chi connectivity index (χ3n) is 3.12. The van der Waals surface area contributed by atoms with Gasteiger partial charge in [0, 0.05) is 18.7 Å². The standard InChI is InChI=1S/C14H24N4O/c1-11(2)19-14-8-13(15-10-16-14)17-12(3)9-18-6-4-5-7-18/h8,10-12H,4-7,9H2,1-3H3,(H,15,16,17). The number of nitrogens with one attached hydrogen (secondary N) is 1. The molecule has 0 amide bonds. The minimum atomic E-state index is 0.129. The lowest BCUT2D eigenvalue weighted by Crippen LogP contribution is -2.33. The first-order valence-electron chi connectivity index (χ1n) is 7.11. The van der Waals surface area contributed by atoms with Crippen molar-refractivity contribution in [2.45, 2.75) is 45.8 Å². The highest BCUT2D eigenvalue weighted by Gasteiger charge is 2.14. The highest BCUT2D eigenvalue weighted by atomic mass is 16.5. The maximum atomic E-state index is 5.57. The van der Waals surface area contributed by atoms with E-state index in [1.807, 2.05) is 19.9 Å². The van der Waals surface area contributed by atoms with Gasteiger partial charge in [-0.2, -0.15) is 0 Å². The van der Waals surface area contributed by atoms with Crippen molar-refractivity contribution < 1.29 is 4.74 Å². The Labute approximate surface area is 115 Å². The van der Waals surface area contributed by atoms with Crippen LogP contribution in [0.1, 0.15) is 33.6 Å². The molecule has 1 aromatic rings. The summed E-state index contributed by atoms with van der Waals surface area (Å²) >= 11 is 0. The van der Waals surface area contributed by atoms with Crippen molar-refractivity contribution in [3.05, 3.63) is 12.4 Å². The number of nitrogens with zero attached hydrogens (tertiary/aromatic N) is 3. The van der Waals surface area contributed by atoms with Gasteiger partial charge in [-0.25, -0.2) is 9.97 Å². The summed E-state index contributed by atoms with van der Waals surface area (Å²) in [4.78, 5) is 10.8. The van der Waals surface area contributed by atoms with Gasteiger partial charge in [-0.1, -0.05) is 0 Å². The second kappa shape index (κ2) is 6.70. The van der Waals surface area contributed by atoms with Crippen molar-refractivity contribution in [1.82, 2.24) is 14.9 Å². The van der Waals surface area contributed by atoms with E-state index in [-0.39, 0.29) is 6.10 Å². The SMILES string of the molecule is CC(CN1CCCC1)Nc1cc(OC(C)C)ncn1. The van der Waals surface area contributed by atoms with Gasteiger partial charge in [0.2, 0.25) is 5.88 Å². The fourth-order valence-electron chi connectivity index (χ4n) is 2.37. The summed E-state index contributed by atoms with van der Waals surface area (Å²) in [6.45, 7) is 9.67. The Hall–Kier alpha value is -1.36. The van der Waals surface area contributed by atoms with Crippen LogP contribution in [0.25, 0.3) is 0 Å². The summed E-state index contributed by atoms with van der Waals surface area (Å²) in [5.41, 5.74) is 0. The average molecular weight is 264 g/mol. The van der Waals surface area contributed by atoms with E-state index in [1.165, 1.54) is 25.9 Å². The van der Waals surface area contributed by atoms with Gasteiger partial charge >= 0.3 is 0 Å². The molecule has 1 saturated heterocycles. The Morgan fingerprint density at radius 2 is 2.00 bits per heavy atom. The highest BCUT2D eigenvalue weighted by molar-refractivity contribution is 5.38. The second-order valence-electron chi connectivity index (χ2n) is 5.46.